The van der Waals surface area contributed by atoms with Gasteiger partial charge in [-0.3, -0.25) is 9.88 Å². The molecule has 0 spiro atoms. The molecule has 0 aliphatic carbocycles. The van der Waals surface area contributed by atoms with E-state index in [0.29, 0.717) is 37.4 Å². The lowest BCUT2D eigenvalue weighted by atomic mass is 10.1. The van der Waals surface area contributed by atoms with Gasteiger partial charge in [-0.1, -0.05) is 12.1 Å². The molecular formula is C20H24FN5O3. The van der Waals surface area contributed by atoms with Gasteiger partial charge in [0, 0.05) is 55.4 Å². The second-order valence-electron chi connectivity index (χ2n) is 7.10. The number of carbonyl (C=O) groups is 2. The minimum atomic E-state index is -0.940. The number of carboxylic acid groups (broad SMARTS) is 1. The maximum atomic E-state index is 14.9. The molecule has 3 N–H and O–H groups in total. The number of urea groups is 1. The number of halogens is 1. The van der Waals surface area contributed by atoms with Crippen molar-refractivity contribution < 1.29 is 19.1 Å². The van der Waals surface area contributed by atoms with Crippen LogP contribution in [-0.2, 0) is 6.54 Å². The standard InChI is InChI=1S/C20H24FN5O3/c1-13-10-16(6-7-22-13)23-19(27)24-17-5-3-4-15(18(17)21)12-25-8-9-26(20(28)29)14(2)11-25/h3-7,10,14H,8-9,11-12H2,1-2H3,(H,28,29)(H2,22,23,24,27)/t14-/m1/s1. The van der Waals surface area contributed by atoms with Crippen LogP contribution >= 0.6 is 0 Å². The number of carbonyl (C=O) groups excluding carboxylic acids is 1. The van der Waals surface area contributed by atoms with Crippen molar-refractivity contribution in [2.45, 2.75) is 26.4 Å². The molecule has 1 fully saturated rings. The lowest BCUT2D eigenvalue weighted by Crippen LogP contribution is -2.53. The average molecular weight is 401 g/mol. The summed E-state index contributed by atoms with van der Waals surface area (Å²) < 4.78 is 14.9. The fourth-order valence-electron chi connectivity index (χ4n) is 3.41. The van der Waals surface area contributed by atoms with E-state index in [-0.39, 0.29) is 11.7 Å². The first-order valence-corrected chi connectivity index (χ1v) is 9.33. The zero-order valence-electron chi connectivity index (χ0n) is 16.4. The molecule has 1 saturated heterocycles. The van der Waals surface area contributed by atoms with Crippen LogP contribution in [0.2, 0.25) is 0 Å². The number of hydrogen-bond donors (Lipinski definition) is 3. The van der Waals surface area contributed by atoms with Crippen molar-refractivity contribution in [3.63, 3.8) is 0 Å². The Balaban J connectivity index is 1.63. The van der Waals surface area contributed by atoms with Gasteiger partial charge in [0.05, 0.1) is 5.69 Å². The van der Waals surface area contributed by atoms with E-state index < -0.39 is 17.9 Å². The Morgan fingerprint density at radius 1 is 1.28 bits per heavy atom. The summed E-state index contributed by atoms with van der Waals surface area (Å²) in [5.74, 6) is -0.498. The molecule has 0 bridgehead atoms. The van der Waals surface area contributed by atoms with Crippen molar-refractivity contribution in [1.29, 1.82) is 0 Å². The Bertz CT molecular complexity index is 907. The number of aryl methyl sites for hydroxylation is 1. The van der Waals surface area contributed by atoms with E-state index in [1.54, 1.807) is 30.5 Å². The van der Waals surface area contributed by atoms with E-state index in [1.807, 2.05) is 18.7 Å². The number of piperazine rings is 1. The zero-order chi connectivity index (χ0) is 21.0. The van der Waals surface area contributed by atoms with Crippen LogP contribution in [0.15, 0.2) is 36.5 Å². The third-order valence-electron chi connectivity index (χ3n) is 4.83. The first kappa shape index (κ1) is 20.5. The quantitative estimate of drug-likeness (QED) is 0.730. The summed E-state index contributed by atoms with van der Waals surface area (Å²) >= 11 is 0. The van der Waals surface area contributed by atoms with Crippen molar-refractivity contribution in [2.75, 3.05) is 30.3 Å². The third-order valence-corrected chi connectivity index (χ3v) is 4.83. The SMILES string of the molecule is Cc1cc(NC(=O)Nc2cccc(CN3CCN(C(=O)O)[C@H](C)C3)c2F)ccn1. The monoisotopic (exact) mass is 401 g/mol. The number of benzene rings is 1. The molecule has 0 unspecified atom stereocenters. The molecule has 2 aromatic rings. The Hall–Kier alpha value is -3.20. The highest BCUT2D eigenvalue weighted by molar-refractivity contribution is 5.99. The Morgan fingerprint density at radius 3 is 2.76 bits per heavy atom. The minimum Gasteiger partial charge on any atom is -0.465 e. The van der Waals surface area contributed by atoms with E-state index >= 15 is 0 Å². The van der Waals surface area contributed by atoms with Crippen molar-refractivity contribution in [2.24, 2.45) is 0 Å². The van der Waals surface area contributed by atoms with E-state index in [9.17, 15) is 14.0 Å². The predicted molar refractivity (Wildman–Crippen MR) is 107 cm³/mol. The topological polar surface area (TPSA) is 97.8 Å². The summed E-state index contributed by atoms with van der Waals surface area (Å²) in [7, 11) is 0. The Kier molecular flexibility index (Phi) is 6.28. The van der Waals surface area contributed by atoms with E-state index in [4.69, 9.17) is 5.11 Å². The van der Waals surface area contributed by atoms with Crippen molar-refractivity contribution in [3.05, 3.63) is 53.6 Å². The van der Waals surface area contributed by atoms with E-state index in [1.165, 1.54) is 11.0 Å². The lowest BCUT2D eigenvalue weighted by molar-refractivity contribution is 0.0707. The van der Waals surface area contributed by atoms with Gasteiger partial charge in [-0.25, -0.2) is 14.0 Å². The number of rotatable bonds is 4. The van der Waals surface area contributed by atoms with Crippen LogP contribution in [0.25, 0.3) is 0 Å². The molecule has 2 heterocycles. The van der Waals surface area contributed by atoms with Gasteiger partial charge in [-0.2, -0.15) is 0 Å². The number of hydrogen-bond acceptors (Lipinski definition) is 4. The molecule has 9 heteroatoms. The van der Waals surface area contributed by atoms with Crippen LogP contribution in [0, 0.1) is 12.7 Å². The average Bonchev–Trinajstić information content (AvgIpc) is 2.65. The van der Waals surface area contributed by atoms with Crippen LogP contribution in [0.3, 0.4) is 0 Å². The molecule has 3 rings (SSSR count). The lowest BCUT2D eigenvalue weighted by Gasteiger charge is -2.38. The van der Waals surface area contributed by atoms with Gasteiger partial charge in [-0.15, -0.1) is 0 Å². The highest BCUT2D eigenvalue weighted by Crippen LogP contribution is 2.21. The number of anilines is 2. The molecule has 154 valence electrons. The molecule has 1 aromatic heterocycles. The van der Waals surface area contributed by atoms with Crippen LogP contribution < -0.4 is 10.6 Å². The zero-order valence-corrected chi connectivity index (χ0v) is 16.4. The molecule has 8 nitrogen and oxygen atoms in total. The maximum absolute atomic E-state index is 14.9. The summed E-state index contributed by atoms with van der Waals surface area (Å²) in [4.78, 5) is 30.8. The Morgan fingerprint density at radius 2 is 2.07 bits per heavy atom. The van der Waals surface area contributed by atoms with Gasteiger partial charge in [0.2, 0.25) is 0 Å². The first-order valence-electron chi connectivity index (χ1n) is 9.33. The second kappa shape index (κ2) is 8.87. The van der Waals surface area contributed by atoms with E-state index in [0.717, 1.165) is 5.69 Å². The van der Waals surface area contributed by atoms with E-state index in [2.05, 4.69) is 15.6 Å². The van der Waals surface area contributed by atoms with Crippen LogP contribution in [0.5, 0.6) is 0 Å². The predicted octanol–water partition coefficient (Wildman–Crippen LogP) is 3.36. The summed E-state index contributed by atoms with van der Waals surface area (Å²) in [6.45, 7) is 5.40. The normalized spacial score (nSPS) is 17.1. The highest BCUT2D eigenvalue weighted by Gasteiger charge is 2.27. The first-order chi connectivity index (χ1) is 13.8. The molecule has 0 radical (unpaired) electrons. The van der Waals surface area contributed by atoms with Crippen molar-refractivity contribution in [3.8, 4) is 0 Å². The molecule has 1 aliphatic heterocycles. The molecule has 29 heavy (non-hydrogen) atoms. The summed E-state index contributed by atoms with van der Waals surface area (Å²) in [5.41, 5.74) is 1.85. The summed E-state index contributed by atoms with van der Waals surface area (Å²) in [6, 6.07) is 7.50. The largest absolute Gasteiger partial charge is 0.465 e. The molecule has 1 atom stereocenters. The second-order valence-corrected chi connectivity index (χ2v) is 7.10. The van der Waals surface area contributed by atoms with Crippen LogP contribution in [0.1, 0.15) is 18.2 Å². The van der Waals surface area contributed by atoms with Gasteiger partial charge in [0.15, 0.2) is 5.82 Å². The molecule has 1 aliphatic rings. The van der Waals surface area contributed by atoms with Gasteiger partial charge in [0.25, 0.3) is 0 Å². The number of pyridine rings is 1. The number of nitrogens with one attached hydrogen (secondary N) is 2. The molecular weight excluding hydrogens is 377 g/mol. The highest BCUT2D eigenvalue weighted by atomic mass is 19.1. The van der Waals surface area contributed by atoms with Gasteiger partial charge >= 0.3 is 12.1 Å². The fourth-order valence-corrected chi connectivity index (χ4v) is 3.41. The van der Waals surface area contributed by atoms with Crippen LogP contribution in [-0.4, -0.2) is 57.7 Å². The fraction of sp³-hybridized carbons (Fsp3) is 0.350. The maximum Gasteiger partial charge on any atom is 0.407 e. The number of aromatic nitrogens is 1. The van der Waals surface area contributed by atoms with Crippen molar-refractivity contribution >= 4 is 23.5 Å². The molecule has 0 saturated carbocycles. The third kappa shape index (κ3) is 5.20. The number of amides is 3. The smallest absolute Gasteiger partial charge is 0.407 e. The van der Waals surface area contributed by atoms with Crippen LogP contribution in [0.4, 0.5) is 25.4 Å². The molecule has 1 aromatic carbocycles. The summed E-state index contributed by atoms with van der Waals surface area (Å²) in [6.07, 6.45) is 0.641. The molecule has 3 amide bonds. The van der Waals surface area contributed by atoms with Gasteiger partial charge in [-0.05, 0) is 32.0 Å². The van der Waals surface area contributed by atoms with Gasteiger partial charge in [0.1, 0.15) is 0 Å². The van der Waals surface area contributed by atoms with Crippen molar-refractivity contribution in [1.82, 2.24) is 14.8 Å². The number of nitrogens with zero attached hydrogens (tertiary/aromatic N) is 3. The minimum absolute atomic E-state index is 0.0861. The Labute approximate surface area is 168 Å². The van der Waals surface area contributed by atoms with Gasteiger partial charge < -0.3 is 20.6 Å². The summed E-state index contributed by atoms with van der Waals surface area (Å²) in [5, 5.41) is 14.4.